The summed E-state index contributed by atoms with van der Waals surface area (Å²) in [7, 11) is 0. The first-order chi connectivity index (χ1) is 8.84. The Morgan fingerprint density at radius 3 is 2.63 bits per heavy atom. The number of hydrogen-bond acceptors (Lipinski definition) is 3. The van der Waals surface area contributed by atoms with Crippen LogP contribution in [0.2, 0.25) is 0 Å². The Hall–Kier alpha value is -1.53. The Labute approximate surface area is 110 Å². The fourth-order valence-corrected chi connectivity index (χ4v) is 1.39. The van der Waals surface area contributed by atoms with Crippen LogP contribution in [0.5, 0.6) is 0 Å². The highest BCUT2D eigenvalue weighted by Gasteiger charge is 2.19. The number of carbonyl (C=O) groups excluding carboxylic acids is 1. The molecule has 0 spiro atoms. The fraction of sp³-hybridized carbons (Fsp3) is 0.462. The van der Waals surface area contributed by atoms with E-state index in [0.717, 1.165) is 12.1 Å². The normalized spacial score (nSPS) is 13.9. The third-order valence-electron chi connectivity index (χ3n) is 2.63. The van der Waals surface area contributed by atoms with Crippen molar-refractivity contribution in [1.82, 2.24) is 5.32 Å². The minimum atomic E-state index is -1.36. The largest absolute Gasteiger partial charge is 0.393 e. The average Bonchev–Trinajstić information content (AvgIpc) is 2.38. The van der Waals surface area contributed by atoms with Crippen LogP contribution in [0, 0.1) is 11.6 Å². The maximum absolute atomic E-state index is 12.9. The minimum Gasteiger partial charge on any atom is -0.393 e. The molecule has 1 rings (SSSR count). The highest BCUT2D eigenvalue weighted by molar-refractivity contribution is 5.76. The molecule has 1 amide bonds. The van der Waals surface area contributed by atoms with E-state index in [4.69, 9.17) is 5.11 Å². The summed E-state index contributed by atoms with van der Waals surface area (Å²) in [4.78, 5) is 11.5. The summed E-state index contributed by atoms with van der Waals surface area (Å²) in [6.45, 7) is 0.860. The molecule has 0 fully saturated rings. The molecule has 0 saturated heterocycles. The second kappa shape index (κ2) is 6.58. The van der Waals surface area contributed by atoms with Gasteiger partial charge in [-0.3, -0.25) is 4.79 Å². The van der Waals surface area contributed by atoms with Gasteiger partial charge < -0.3 is 15.5 Å². The van der Waals surface area contributed by atoms with Crippen molar-refractivity contribution in [1.29, 1.82) is 0 Å². The number of amides is 1. The van der Waals surface area contributed by atoms with Gasteiger partial charge in [0, 0.05) is 13.0 Å². The van der Waals surface area contributed by atoms with Crippen LogP contribution in [-0.2, 0) is 11.2 Å². The summed E-state index contributed by atoms with van der Waals surface area (Å²) in [6, 6.07) is 3.47. The van der Waals surface area contributed by atoms with Crippen molar-refractivity contribution in [2.75, 3.05) is 13.2 Å². The number of benzene rings is 1. The van der Waals surface area contributed by atoms with Gasteiger partial charge in [-0.2, -0.15) is 0 Å². The molecule has 0 aromatic heterocycles. The lowest BCUT2D eigenvalue weighted by Crippen LogP contribution is -2.43. The second-order valence-corrected chi connectivity index (χ2v) is 4.68. The van der Waals surface area contributed by atoms with E-state index in [1.165, 1.54) is 13.0 Å². The molecule has 19 heavy (non-hydrogen) atoms. The Balaban J connectivity index is 2.40. The van der Waals surface area contributed by atoms with E-state index in [1.807, 2.05) is 0 Å². The van der Waals surface area contributed by atoms with Crippen molar-refractivity contribution in [2.24, 2.45) is 0 Å². The molecular formula is C13H17F2NO3. The number of halogens is 2. The van der Waals surface area contributed by atoms with Crippen LogP contribution in [0.1, 0.15) is 18.9 Å². The van der Waals surface area contributed by atoms with Crippen molar-refractivity contribution < 1.29 is 23.8 Å². The molecule has 0 radical (unpaired) electrons. The summed E-state index contributed by atoms with van der Waals surface area (Å²) >= 11 is 0. The number of aliphatic hydroxyl groups excluding tert-OH is 1. The summed E-state index contributed by atoms with van der Waals surface area (Å²) in [5, 5.41) is 20.7. The standard InChI is InChI=1S/C13H17F2NO3/c1-13(19,8-17)7-16-12(18)5-3-9-2-4-10(14)11(15)6-9/h2,4,6,17,19H,3,5,7-8H2,1H3,(H,16,18). The van der Waals surface area contributed by atoms with E-state index in [0.29, 0.717) is 5.56 Å². The molecule has 0 aliphatic heterocycles. The maximum Gasteiger partial charge on any atom is 0.220 e. The van der Waals surface area contributed by atoms with Gasteiger partial charge in [-0.15, -0.1) is 0 Å². The van der Waals surface area contributed by atoms with Gasteiger partial charge >= 0.3 is 0 Å². The molecule has 0 aliphatic carbocycles. The summed E-state index contributed by atoms with van der Waals surface area (Å²) in [5.41, 5.74) is -0.847. The van der Waals surface area contributed by atoms with E-state index in [9.17, 15) is 18.7 Å². The highest BCUT2D eigenvalue weighted by atomic mass is 19.2. The molecule has 1 unspecified atom stereocenters. The minimum absolute atomic E-state index is 0.0693. The summed E-state index contributed by atoms with van der Waals surface area (Å²) in [6.07, 6.45) is 0.358. The number of aliphatic hydroxyl groups is 2. The lowest BCUT2D eigenvalue weighted by molar-refractivity contribution is -0.122. The van der Waals surface area contributed by atoms with Crippen LogP contribution in [0.4, 0.5) is 8.78 Å². The smallest absolute Gasteiger partial charge is 0.220 e. The van der Waals surface area contributed by atoms with Gasteiger partial charge in [0.15, 0.2) is 11.6 Å². The Morgan fingerprint density at radius 2 is 2.05 bits per heavy atom. The number of nitrogens with one attached hydrogen (secondary N) is 1. The van der Waals surface area contributed by atoms with Crippen LogP contribution in [0.3, 0.4) is 0 Å². The molecule has 0 heterocycles. The molecule has 1 atom stereocenters. The quantitative estimate of drug-likeness (QED) is 0.716. The van der Waals surface area contributed by atoms with Gasteiger partial charge in [0.05, 0.1) is 6.61 Å². The van der Waals surface area contributed by atoms with Gasteiger partial charge in [0.25, 0.3) is 0 Å². The summed E-state index contributed by atoms with van der Waals surface area (Å²) in [5.74, 6) is -2.20. The van der Waals surface area contributed by atoms with Crippen LogP contribution >= 0.6 is 0 Å². The predicted octanol–water partition coefficient (Wildman–Crippen LogP) is 0.757. The maximum atomic E-state index is 12.9. The molecule has 0 saturated carbocycles. The number of hydrogen-bond donors (Lipinski definition) is 3. The monoisotopic (exact) mass is 273 g/mol. The lowest BCUT2D eigenvalue weighted by atomic mass is 10.1. The van der Waals surface area contributed by atoms with Gasteiger partial charge in [-0.1, -0.05) is 6.07 Å². The van der Waals surface area contributed by atoms with Crippen LogP contribution < -0.4 is 5.32 Å². The molecule has 106 valence electrons. The van der Waals surface area contributed by atoms with Crippen LogP contribution in [0.25, 0.3) is 0 Å². The number of rotatable bonds is 6. The molecule has 4 nitrogen and oxygen atoms in total. The van der Waals surface area contributed by atoms with Crippen molar-refractivity contribution in [3.8, 4) is 0 Å². The lowest BCUT2D eigenvalue weighted by Gasteiger charge is -2.20. The molecule has 1 aromatic rings. The molecule has 1 aromatic carbocycles. The molecule has 0 bridgehead atoms. The Kier molecular flexibility index (Phi) is 5.38. The zero-order chi connectivity index (χ0) is 14.5. The molecule has 0 aliphatic rings. The van der Waals surface area contributed by atoms with E-state index in [1.54, 1.807) is 0 Å². The first kappa shape index (κ1) is 15.5. The van der Waals surface area contributed by atoms with Crippen molar-refractivity contribution in [3.05, 3.63) is 35.4 Å². The van der Waals surface area contributed by atoms with Gasteiger partial charge in [-0.05, 0) is 31.0 Å². The zero-order valence-corrected chi connectivity index (χ0v) is 10.6. The summed E-state index contributed by atoms with van der Waals surface area (Å²) < 4.78 is 25.6. The highest BCUT2D eigenvalue weighted by Crippen LogP contribution is 2.10. The second-order valence-electron chi connectivity index (χ2n) is 4.68. The van der Waals surface area contributed by atoms with Crippen molar-refractivity contribution in [2.45, 2.75) is 25.4 Å². The number of aryl methyl sites for hydroxylation is 1. The molecule has 3 N–H and O–H groups in total. The van der Waals surface area contributed by atoms with Gasteiger partial charge in [-0.25, -0.2) is 8.78 Å². The fourth-order valence-electron chi connectivity index (χ4n) is 1.39. The van der Waals surface area contributed by atoms with Crippen LogP contribution in [0.15, 0.2) is 18.2 Å². The van der Waals surface area contributed by atoms with Crippen LogP contribution in [-0.4, -0.2) is 34.9 Å². The number of carbonyl (C=O) groups is 1. The van der Waals surface area contributed by atoms with E-state index >= 15 is 0 Å². The molecule has 6 heteroatoms. The third-order valence-corrected chi connectivity index (χ3v) is 2.63. The van der Waals surface area contributed by atoms with E-state index in [2.05, 4.69) is 5.32 Å². The average molecular weight is 273 g/mol. The topological polar surface area (TPSA) is 69.6 Å². The predicted molar refractivity (Wildman–Crippen MR) is 65.4 cm³/mol. The van der Waals surface area contributed by atoms with Gasteiger partial charge in [0.2, 0.25) is 5.91 Å². The van der Waals surface area contributed by atoms with Crippen molar-refractivity contribution in [3.63, 3.8) is 0 Å². The van der Waals surface area contributed by atoms with Crippen molar-refractivity contribution >= 4 is 5.91 Å². The first-order valence-electron chi connectivity index (χ1n) is 5.88. The third kappa shape index (κ3) is 5.32. The Bertz CT molecular complexity index is 450. The molecular weight excluding hydrogens is 256 g/mol. The first-order valence-corrected chi connectivity index (χ1v) is 5.88. The van der Waals surface area contributed by atoms with E-state index in [-0.39, 0.29) is 25.3 Å². The van der Waals surface area contributed by atoms with E-state index < -0.39 is 23.8 Å². The SMILES string of the molecule is CC(O)(CO)CNC(=O)CCc1ccc(F)c(F)c1. The van der Waals surface area contributed by atoms with Gasteiger partial charge in [0.1, 0.15) is 5.60 Å². The zero-order valence-electron chi connectivity index (χ0n) is 10.6. The Morgan fingerprint density at radius 1 is 1.37 bits per heavy atom.